The van der Waals surface area contributed by atoms with Crippen LogP contribution in [0.1, 0.15) is 12.0 Å². The molecule has 76 valence electrons. The molecule has 1 unspecified atom stereocenters. The highest BCUT2D eigenvalue weighted by Crippen LogP contribution is 2.18. The van der Waals surface area contributed by atoms with Crippen molar-refractivity contribution in [1.82, 2.24) is 4.90 Å². The summed E-state index contributed by atoms with van der Waals surface area (Å²) in [5, 5.41) is 1.14. The lowest BCUT2D eigenvalue weighted by Gasteiger charge is -2.14. The zero-order valence-electron chi connectivity index (χ0n) is 7.92. The lowest BCUT2D eigenvalue weighted by molar-refractivity contribution is 0.332. The Morgan fingerprint density at radius 3 is 2.93 bits per heavy atom. The lowest BCUT2D eigenvalue weighted by atomic mass is 10.2. The van der Waals surface area contributed by atoms with Crippen LogP contribution in [0.25, 0.3) is 0 Å². The second-order valence-electron chi connectivity index (χ2n) is 3.75. The van der Waals surface area contributed by atoms with Crippen molar-refractivity contribution in [3.05, 3.63) is 34.9 Å². The van der Waals surface area contributed by atoms with E-state index in [2.05, 4.69) is 11.0 Å². The molecule has 0 aromatic heterocycles. The van der Waals surface area contributed by atoms with Gasteiger partial charge in [0.05, 0.1) is 0 Å². The van der Waals surface area contributed by atoms with E-state index in [-0.39, 0.29) is 0 Å². The molecule has 1 nitrogen and oxygen atoms in total. The Labute approximate surface area is 94.6 Å². The van der Waals surface area contributed by atoms with Gasteiger partial charge in [-0.25, -0.2) is 0 Å². The van der Waals surface area contributed by atoms with Gasteiger partial charge in [0, 0.05) is 23.5 Å². The molecule has 1 aromatic rings. The maximum Gasteiger partial charge on any atom is 0.0475 e. The van der Waals surface area contributed by atoms with Crippen LogP contribution in [0, 0.1) is 0 Å². The smallest absolute Gasteiger partial charge is 0.0475 e. The zero-order chi connectivity index (χ0) is 9.97. The summed E-state index contributed by atoms with van der Waals surface area (Å²) >= 11 is 12.0. The van der Waals surface area contributed by atoms with E-state index in [0.717, 1.165) is 31.1 Å². The van der Waals surface area contributed by atoms with Crippen LogP contribution in [-0.2, 0) is 6.54 Å². The standard InChI is InChI=1S/C11H13Cl2N/c12-10-3-1-2-9(6-10)7-14-5-4-11(13)8-14/h1-3,6,11H,4-5,7-8H2. The number of halogens is 2. The first-order chi connectivity index (χ1) is 6.74. The Hall–Kier alpha value is -0.240. The van der Waals surface area contributed by atoms with Gasteiger partial charge in [-0.2, -0.15) is 0 Å². The van der Waals surface area contributed by atoms with Crippen LogP contribution >= 0.6 is 23.2 Å². The Morgan fingerprint density at radius 1 is 1.43 bits per heavy atom. The highest BCUT2D eigenvalue weighted by atomic mass is 35.5. The van der Waals surface area contributed by atoms with Crippen molar-refractivity contribution in [2.75, 3.05) is 13.1 Å². The fourth-order valence-corrected chi connectivity index (χ4v) is 2.33. The van der Waals surface area contributed by atoms with Gasteiger partial charge in [0.15, 0.2) is 0 Å². The molecule has 1 aromatic carbocycles. The molecule has 1 atom stereocenters. The minimum atomic E-state index is 0.328. The maximum absolute atomic E-state index is 6.04. The van der Waals surface area contributed by atoms with Crippen molar-refractivity contribution in [2.24, 2.45) is 0 Å². The van der Waals surface area contributed by atoms with Crippen molar-refractivity contribution in [3.8, 4) is 0 Å². The van der Waals surface area contributed by atoms with Gasteiger partial charge < -0.3 is 0 Å². The van der Waals surface area contributed by atoms with Gasteiger partial charge in [-0.3, -0.25) is 4.90 Å². The molecule has 1 aliphatic heterocycles. The molecule has 0 radical (unpaired) electrons. The summed E-state index contributed by atoms with van der Waals surface area (Å²) in [5.41, 5.74) is 1.27. The number of hydrogen-bond donors (Lipinski definition) is 0. The summed E-state index contributed by atoms with van der Waals surface area (Å²) in [6, 6.07) is 8.02. The molecule has 0 N–H and O–H groups in total. The first-order valence-corrected chi connectivity index (χ1v) is 5.66. The summed E-state index contributed by atoms with van der Waals surface area (Å²) in [4.78, 5) is 2.36. The Bertz CT molecular complexity index is 314. The van der Waals surface area contributed by atoms with Crippen LogP contribution in [0.5, 0.6) is 0 Å². The summed E-state index contributed by atoms with van der Waals surface area (Å²) in [7, 11) is 0. The summed E-state index contributed by atoms with van der Waals surface area (Å²) in [6.45, 7) is 3.05. The molecule has 0 spiro atoms. The normalized spacial score (nSPS) is 22.9. The van der Waals surface area contributed by atoms with Crippen molar-refractivity contribution < 1.29 is 0 Å². The summed E-state index contributed by atoms with van der Waals surface area (Å²) < 4.78 is 0. The van der Waals surface area contributed by atoms with Crippen LogP contribution in [0.2, 0.25) is 5.02 Å². The van der Waals surface area contributed by atoms with Gasteiger partial charge in [0.1, 0.15) is 0 Å². The molecule has 14 heavy (non-hydrogen) atoms. The molecule has 1 saturated heterocycles. The van der Waals surface area contributed by atoms with E-state index >= 15 is 0 Å². The molecular weight excluding hydrogens is 217 g/mol. The van der Waals surface area contributed by atoms with Crippen molar-refractivity contribution in [2.45, 2.75) is 18.3 Å². The number of nitrogens with zero attached hydrogens (tertiary/aromatic N) is 1. The molecule has 1 heterocycles. The van der Waals surface area contributed by atoms with Crippen LogP contribution in [-0.4, -0.2) is 23.4 Å². The number of hydrogen-bond acceptors (Lipinski definition) is 1. The van der Waals surface area contributed by atoms with E-state index in [9.17, 15) is 0 Å². The van der Waals surface area contributed by atoms with Crippen molar-refractivity contribution >= 4 is 23.2 Å². The Kier molecular flexibility index (Phi) is 3.32. The van der Waals surface area contributed by atoms with Gasteiger partial charge in [-0.15, -0.1) is 11.6 Å². The second-order valence-corrected chi connectivity index (χ2v) is 4.80. The summed E-state index contributed by atoms with van der Waals surface area (Å²) in [5.74, 6) is 0. The van der Waals surface area contributed by atoms with E-state index in [1.54, 1.807) is 0 Å². The molecule has 2 rings (SSSR count). The van der Waals surface area contributed by atoms with Crippen LogP contribution in [0.3, 0.4) is 0 Å². The van der Waals surface area contributed by atoms with Gasteiger partial charge in [0.2, 0.25) is 0 Å². The van der Waals surface area contributed by atoms with Gasteiger partial charge in [-0.1, -0.05) is 23.7 Å². The Balaban J connectivity index is 1.97. The predicted octanol–water partition coefficient (Wildman–Crippen LogP) is 3.15. The molecule has 1 aliphatic rings. The van der Waals surface area contributed by atoms with Gasteiger partial charge in [0.25, 0.3) is 0 Å². The zero-order valence-corrected chi connectivity index (χ0v) is 9.43. The third-order valence-electron chi connectivity index (χ3n) is 2.51. The monoisotopic (exact) mass is 229 g/mol. The van der Waals surface area contributed by atoms with Gasteiger partial charge >= 0.3 is 0 Å². The van der Waals surface area contributed by atoms with Crippen LogP contribution in [0.4, 0.5) is 0 Å². The van der Waals surface area contributed by atoms with E-state index in [1.807, 2.05) is 18.2 Å². The number of benzene rings is 1. The molecule has 0 amide bonds. The van der Waals surface area contributed by atoms with E-state index in [0.29, 0.717) is 5.38 Å². The maximum atomic E-state index is 6.04. The second kappa shape index (κ2) is 4.52. The van der Waals surface area contributed by atoms with E-state index < -0.39 is 0 Å². The van der Waals surface area contributed by atoms with Crippen molar-refractivity contribution in [3.63, 3.8) is 0 Å². The SMILES string of the molecule is Clc1cccc(CN2CCC(Cl)C2)c1. The third kappa shape index (κ3) is 2.63. The highest BCUT2D eigenvalue weighted by molar-refractivity contribution is 6.30. The quantitative estimate of drug-likeness (QED) is 0.705. The largest absolute Gasteiger partial charge is 0.298 e. The third-order valence-corrected chi connectivity index (χ3v) is 3.10. The van der Waals surface area contributed by atoms with Gasteiger partial charge in [-0.05, 0) is 30.7 Å². The molecular formula is C11H13Cl2N. The minimum Gasteiger partial charge on any atom is -0.298 e. The minimum absolute atomic E-state index is 0.328. The lowest BCUT2D eigenvalue weighted by Crippen LogP contribution is -2.20. The Morgan fingerprint density at radius 2 is 2.29 bits per heavy atom. The first kappa shape index (κ1) is 10.3. The molecule has 0 aliphatic carbocycles. The average Bonchev–Trinajstić information content (AvgIpc) is 2.51. The number of likely N-dealkylation sites (tertiary alicyclic amines) is 1. The number of rotatable bonds is 2. The molecule has 1 fully saturated rings. The fraction of sp³-hybridized carbons (Fsp3) is 0.455. The predicted molar refractivity (Wildman–Crippen MR) is 61.0 cm³/mol. The van der Waals surface area contributed by atoms with Crippen molar-refractivity contribution in [1.29, 1.82) is 0 Å². The molecule has 3 heteroatoms. The molecule has 0 saturated carbocycles. The first-order valence-electron chi connectivity index (χ1n) is 4.85. The van der Waals surface area contributed by atoms with E-state index in [4.69, 9.17) is 23.2 Å². The van der Waals surface area contributed by atoms with Crippen LogP contribution in [0.15, 0.2) is 24.3 Å². The fourth-order valence-electron chi connectivity index (χ4n) is 1.82. The average molecular weight is 230 g/mol. The van der Waals surface area contributed by atoms with E-state index in [1.165, 1.54) is 5.56 Å². The summed E-state index contributed by atoms with van der Waals surface area (Å²) in [6.07, 6.45) is 1.10. The highest BCUT2D eigenvalue weighted by Gasteiger charge is 2.19. The van der Waals surface area contributed by atoms with Crippen LogP contribution < -0.4 is 0 Å². The topological polar surface area (TPSA) is 3.24 Å². The molecule has 0 bridgehead atoms. The number of alkyl halides is 1.